The number of piperazine rings is 1. The minimum Gasteiger partial charge on any atom is -0.304 e. The lowest BCUT2D eigenvalue weighted by molar-refractivity contribution is 0.0911. The lowest BCUT2D eigenvalue weighted by atomic mass is 10.3. The zero-order valence-electron chi connectivity index (χ0n) is 8.33. The minimum absolute atomic E-state index is 0.744. The Hall–Kier alpha value is 0.230. The molecule has 0 amide bonds. The van der Waals surface area contributed by atoms with Crippen LogP contribution in [0, 0.1) is 0 Å². The van der Waals surface area contributed by atoms with Gasteiger partial charge in [-0.1, -0.05) is 0 Å². The van der Waals surface area contributed by atoms with Crippen LogP contribution in [0.1, 0.15) is 6.42 Å². The van der Waals surface area contributed by atoms with Gasteiger partial charge in [-0.15, -0.1) is 0 Å². The van der Waals surface area contributed by atoms with Crippen molar-refractivity contribution >= 4 is 11.8 Å². The molecule has 0 spiro atoms. The van der Waals surface area contributed by atoms with Gasteiger partial charge in [0.05, 0.1) is 0 Å². The van der Waals surface area contributed by atoms with Crippen molar-refractivity contribution < 1.29 is 0 Å². The maximum absolute atomic E-state index is 3.62. The second kappa shape index (κ2) is 4.64. The van der Waals surface area contributed by atoms with Crippen LogP contribution in [-0.4, -0.2) is 60.7 Å². The maximum atomic E-state index is 3.62. The molecule has 0 aromatic rings. The predicted octanol–water partition coefficient (Wildman–Crippen LogP) is 0.244. The van der Waals surface area contributed by atoms with Gasteiger partial charge in [-0.3, -0.25) is 5.43 Å². The van der Waals surface area contributed by atoms with Gasteiger partial charge in [0.15, 0.2) is 0 Å². The first kappa shape index (κ1) is 9.77. The summed E-state index contributed by atoms with van der Waals surface area (Å²) >= 11 is 2.07. The van der Waals surface area contributed by atoms with Gasteiger partial charge in [0.2, 0.25) is 0 Å². The Balaban J connectivity index is 1.69. The van der Waals surface area contributed by atoms with Crippen molar-refractivity contribution in [2.24, 2.45) is 0 Å². The number of hydrogen-bond donors (Lipinski definition) is 1. The van der Waals surface area contributed by atoms with Gasteiger partial charge < -0.3 is 4.90 Å². The van der Waals surface area contributed by atoms with Gasteiger partial charge in [-0.05, 0) is 19.2 Å². The summed E-state index contributed by atoms with van der Waals surface area (Å²) in [6.45, 7) is 4.76. The summed E-state index contributed by atoms with van der Waals surface area (Å²) in [5, 5.41) is 2.40. The summed E-state index contributed by atoms with van der Waals surface area (Å²) in [6.07, 6.45) is 1.34. The highest BCUT2D eigenvalue weighted by atomic mass is 32.2. The van der Waals surface area contributed by atoms with Crippen molar-refractivity contribution in [2.75, 3.05) is 44.7 Å². The Morgan fingerprint density at radius 3 is 2.62 bits per heavy atom. The average Bonchev–Trinajstić information content (AvgIpc) is 2.62. The summed E-state index contributed by atoms with van der Waals surface area (Å²) in [4.78, 5) is 2.39. The Morgan fingerprint density at radius 1 is 1.23 bits per heavy atom. The topological polar surface area (TPSA) is 18.5 Å². The van der Waals surface area contributed by atoms with Gasteiger partial charge in [0.1, 0.15) is 0 Å². The molecule has 1 atom stereocenters. The van der Waals surface area contributed by atoms with Crippen molar-refractivity contribution in [3.8, 4) is 0 Å². The normalized spacial score (nSPS) is 32.5. The number of nitrogens with zero attached hydrogens (tertiary/aromatic N) is 2. The number of hydrogen-bond acceptors (Lipinski definition) is 4. The molecule has 1 N–H and O–H groups in total. The second-order valence-corrected chi connectivity index (χ2v) is 5.13. The first-order chi connectivity index (χ1) is 6.34. The van der Waals surface area contributed by atoms with E-state index in [1.165, 1.54) is 44.1 Å². The van der Waals surface area contributed by atoms with Crippen molar-refractivity contribution in [3.05, 3.63) is 0 Å². The zero-order valence-corrected chi connectivity index (χ0v) is 9.15. The highest BCUT2D eigenvalue weighted by Gasteiger charge is 2.20. The van der Waals surface area contributed by atoms with Crippen LogP contribution in [0.4, 0.5) is 0 Å². The molecule has 0 radical (unpaired) electrons. The smallest absolute Gasteiger partial charge is 0.0313 e. The molecule has 2 fully saturated rings. The van der Waals surface area contributed by atoms with Crippen LogP contribution in [-0.2, 0) is 0 Å². The van der Waals surface area contributed by atoms with E-state index in [2.05, 4.69) is 34.1 Å². The first-order valence-electron chi connectivity index (χ1n) is 5.12. The van der Waals surface area contributed by atoms with E-state index in [1.807, 2.05) is 0 Å². The molecule has 0 aromatic heterocycles. The largest absolute Gasteiger partial charge is 0.304 e. The Morgan fingerprint density at radius 2 is 2.00 bits per heavy atom. The van der Waals surface area contributed by atoms with E-state index < -0.39 is 0 Å². The van der Waals surface area contributed by atoms with E-state index in [1.54, 1.807) is 0 Å². The van der Waals surface area contributed by atoms with E-state index >= 15 is 0 Å². The van der Waals surface area contributed by atoms with Crippen molar-refractivity contribution in [2.45, 2.75) is 12.5 Å². The number of likely N-dealkylation sites (N-methyl/N-ethyl adjacent to an activating group) is 1. The van der Waals surface area contributed by atoms with Gasteiger partial charge in [-0.2, -0.15) is 11.8 Å². The molecule has 2 aliphatic heterocycles. The van der Waals surface area contributed by atoms with Crippen molar-refractivity contribution in [3.63, 3.8) is 0 Å². The molecule has 2 aliphatic rings. The highest BCUT2D eigenvalue weighted by molar-refractivity contribution is 7.99. The van der Waals surface area contributed by atoms with E-state index in [0.29, 0.717) is 0 Å². The Kier molecular flexibility index (Phi) is 3.49. The molecule has 4 heteroatoms. The molecular weight excluding hydrogens is 182 g/mol. The van der Waals surface area contributed by atoms with Gasteiger partial charge in [-0.25, -0.2) is 5.01 Å². The standard InChI is InChI=1S/C9H19N3S/c1-11-3-5-12(6-4-11)10-9-2-7-13-8-9/h9-10H,2-8H2,1H3. The molecule has 3 nitrogen and oxygen atoms in total. The third-order valence-electron chi connectivity index (χ3n) is 2.80. The van der Waals surface area contributed by atoms with Crippen LogP contribution in [0.2, 0.25) is 0 Å². The van der Waals surface area contributed by atoms with Crippen LogP contribution in [0.3, 0.4) is 0 Å². The van der Waals surface area contributed by atoms with Crippen LogP contribution < -0.4 is 5.43 Å². The first-order valence-corrected chi connectivity index (χ1v) is 6.27. The van der Waals surface area contributed by atoms with Crippen molar-refractivity contribution in [1.29, 1.82) is 0 Å². The van der Waals surface area contributed by atoms with E-state index in [-0.39, 0.29) is 0 Å². The van der Waals surface area contributed by atoms with Crippen LogP contribution in [0.5, 0.6) is 0 Å². The number of hydrazine groups is 1. The molecule has 76 valence electrons. The number of thioether (sulfide) groups is 1. The summed E-state index contributed by atoms with van der Waals surface area (Å²) in [7, 11) is 2.20. The number of rotatable bonds is 2. The van der Waals surface area contributed by atoms with Crippen LogP contribution in [0.25, 0.3) is 0 Å². The molecule has 1 unspecified atom stereocenters. The van der Waals surface area contributed by atoms with Gasteiger partial charge in [0.25, 0.3) is 0 Å². The fourth-order valence-electron chi connectivity index (χ4n) is 1.83. The SMILES string of the molecule is CN1CCN(NC2CCSC2)CC1. The molecule has 13 heavy (non-hydrogen) atoms. The summed E-state index contributed by atoms with van der Waals surface area (Å²) in [6, 6.07) is 0.744. The quantitative estimate of drug-likeness (QED) is 0.690. The Labute approximate surface area is 84.8 Å². The van der Waals surface area contributed by atoms with E-state index in [4.69, 9.17) is 0 Å². The van der Waals surface area contributed by atoms with Crippen molar-refractivity contribution in [1.82, 2.24) is 15.3 Å². The lowest BCUT2D eigenvalue weighted by Crippen LogP contribution is -2.53. The molecule has 2 rings (SSSR count). The molecule has 2 saturated heterocycles. The Bertz CT molecular complexity index is 151. The molecule has 0 aliphatic carbocycles. The van der Waals surface area contributed by atoms with Crippen LogP contribution in [0.15, 0.2) is 0 Å². The fraction of sp³-hybridized carbons (Fsp3) is 1.00. The second-order valence-electron chi connectivity index (χ2n) is 3.98. The number of nitrogens with one attached hydrogen (secondary N) is 1. The average molecular weight is 201 g/mol. The maximum Gasteiger partial charge on any atom is 0.0313 e. The summed E-state index contributed by atoms with van der Waals surface area (Å²) in [5.74, 6) is 2.64. The third-order valence-corrected chi connectivity index (χ3v) is 3.96. The van der Waals surface area contributed by atoms with E-state index in [0.717, 1.165) is 6.04 Å². The molecular formula is C9H19N3S. The van der Waals surface area contributed by atoms with Gasteiger partial charge in [0, 0.05) is 38.0 Å². The third kappa shape index (κ3) is 2.84. The molecule has 0 bridgehead atoms. The lowest BCUT2D eigenvalue weighted by Gasteiger charge is -2.34. The van der Waals surface area contributed by atoms with E-state index in [9.17, 15) is 0 Å². The highest BCUT2D eigenvalue weighted by Crippen LogP contribution is 2.17. The zero-order chi connectivity index (χ0) is 9.10. The minimum atomic E-state index is 0.744. The van der Waals surface area contributed by atoms with Gasteiger partial charge >= 0.3 is 0 Å². The fourth-order valence-corrected chi connectivity index (χ4v) is 2.97. The van der Waals surface area contributed by atoms with Crippen LogP contribution >= 0.6 is 11.8 Å². The predicted molar refractivity (Wildman–Crippen MR) is 57.9 cm³/mol. The molecule has 0 saturated carbocycles. The summed E-state index contributed by atoms with van der Waals surface area (Å²) in [5.41, 5.74) is 3.62. The monoisotopic (exact) mass is 201 g/mol. The molecule has 2 heterocycles. The summed E-state index contributed by atoms with van der Waals surface area (Å²) < 4.78 is 0. The molecule has 0 aromatic carbocycles.